The summed E-state index contributed by atoms with van der Waals surface area (Å²) >= 11 is 0. The number of hydrogen-bond donors (Lipinski definition) is 1. The smallest absolute Gasteiger partial charge is 0.0485 e. The fourth-order valence-corrected chi connectivity index (χ4v) is 1.02. The Balaban J connectivity index is 3.12. The average molecular weight is 160 g/mol. The second kappa shape index (κ2) is 3.83. The van der Waals surface area contributed by atoms with Gasteiger partial charge in [0.1, 0.15) is 0 Å². The Morgan fingerprint density at radius 3 is 2.83 bits per heavy atom. The Morgan fingerprint density at radius 1 is 1.50 bits per heavy atom. The zero-order chi connectivity index (χ0) is 8.97. The van der Waals surface area contributed by atoms with Crippen LogP contribution in [0.4, 0.5) is 0 Å². The lowest BCUT2D eigenvalue weighted by atomic mass is 10.0. The molecule has 2 N–H and O–H groups in total. The Morgan fingerprint density at radius 2 is 2.25 bits per heavy atom. The molecule has 0 aliphatic carbocycles. The van der Waals surface area contributed by atoms with Gasteiger partial charge >= 0.3 is 0 Å². The summed E-state index contributed by atoms with van der Waals surface area (Å²) in [7, 11) is 0. The maximum Gasteiger partial charge on any atom is 0.0485 e. The first-order chi connectivity index (χ1) is 5.79. The number of nitrogens with zero attached hydrogens (tertiary/aromatic N) is 1. The van der Waals surface area contributed by atoms with Crippen molar-refractivity contribution < 1.29 is 0 Å². The molecule has 12 heavy (non-hydrogen) atoms. The van der Waals surface area contributed by atoms with E-state index in [1.165, 1.54) is 0 Å². The minimum Gasteiger partial charge on any atom is -0.321 e. The van der Waals surface area contributed by atoms with Gasteiger partial charge in [0.05, 0.1) is 0 Å². The molecule has 0 aliphatic heterocycles. The topological polar surface area (TPSA) is 38.9 Å². The van der Waals surface area contributed by atoms with Crippen molar-refractivity contribution in [2.24, 2.45) is 5.73 Å². The average Bonchev–Trinajstić information content (AvgIpc) is 2.16. The molecule has 0 bridgehead atoms. The zero-order valence-electron chi connectivity index (χ0n) is 6.90. The normalized spacial score (nSPS) is 12.1. The quantitative estimate of drug-likeness (QED) is 0.686. The second-order valence-electron chi connectivity index (χ2n) is 2.47. The van der Waals surface area contributed by atoms with Gasteiger partial charge in [-0.3, -0.25) is 4.98 Å². The molecule has 1 unspecified atom stereocenters. The lowest BCUT2D eigenvalue weighted by molar-refractivity contribution is 0.906. The molecule has 0 amide bonds. The lowest BCUT2D eigenvalue weighted by Gasteiger charge is -2.08. The van der Waals surface area contributed by atoms with Crippen molar-refractivity contribution in [3.63, 3.8) is 0 Å². The van der Waals surface area contributed by atoms with Gasteiger partial charge in [0.15, 0.2) is 0 Å². The SMILES string of the molecule is C=Cc1cnccc1C(N)C=C. The van der Waals surface area contributed by atoms with Crippen LogP contribution >= 0.6 is 0 Å². The monoisotopic (exact) mass is 160 g/mol. The van der Waals surface area contributed by atoms with E-state index in [0.29, 0.717) is 0 Å². The van der Waals surface area contributed by atoms with Crippen LogP contribution in [0.25, 0.3) is 6.08 Å². The summed E-state index contributed by atoms with van der Waals surface area (Å²) in [4.78, 5) is 3.97. The highest BCUT2D eigenvalue weighted by Crippen LogP contribution is 2.16. The second-order valence-corrected chi connectivity index (χ2v) is 2.47. The van der Waals surface area contributed by atoms with Gasteiger partial charge < -0.3 is 5.73 Å². The van der Waals surface area contributed by atoms with Crippen LogP contribution in [0.5, 0.6) is 0 Å². The van der Waals surface area contributed by atoms with Crippen LogP contribution in [0.2, 0.25) is 0 Å². The van der Waals surface area contributed by atoms with Gasteiger partial charge in [-0.15, -0.1) is 6.58 Å². The summed E-state index contributed by atoms with van der Waals surface area (Å²) in [6.45, 7) is 7.31. The van der Waals surface area contributed by atoms with E-state index in [0.717, 1.165) is 11.1 Å². The van der Waals surface area contributed by atoms with Crippen LogP contribution in [0.15, 0.2) is 37.7 Å². The predicted octanol–water partition coefficient (Wildman–Crippen LogP) is 1.91. The fourth-order valence-electron chi connectivity index (χ4n) is 1.02. The van der Waals surface area contributed by atoms with Gasteiger partial charge in [0.2, 0.25) is 0 Å². The van der Waals surface area contributed by atoms with E-state index in [-0.39, 0.29) is 6.04 Å². The van der Waals surface area contributed by atoms with Crippen LogP contribution in [-0.2, 0) is 0 Å². The molecule has 0 spiro atoms. The van der Waals surface area contributed by atoms with Gasteiger partial charge in [-0.25, -0.2) is 0 Å². The van der Waals surface area contributed by atoms with E-state index in [9.17, 15) is 0 Å². The van der Waals surface area contributed by atoms with Crippen LogP contribution in [0.1, 0.15) is 17.2 Å². The van der Waals surface area contributed by atoms with E-state index in [1.807, 2.05) is 6.07 Å². The van der Waals surface area contributed by atoms with Crippen LogP contribution in [0.3, 0.4) is 0 Å². The third-order valence-electron chi connectivity index (χ3n) is 1.72. The standard InChI is InChI=1S/C10H12N2/c1-3-8-7-12-6-5-9(8)10(11)4-2/h3-7,10H,1-2,11H2. The first-order valence-electron chi connectivity index (χ1n) is 3.74. The van der Waals surface area contributed by atoms with Gasteiger partial charge in [-0.05, 0) is 17.2 Å². The van der Waals surface area contributed by atoms with Gasteiger partial charge in [0, 0.05) is 18.4 Å². The summed E-state index contributed by atoms with van der Waals surface area (Å²) < 4.78 is 0. The van der Waals surface area contributed by atoms with Crippen molar-refractivity contribution in [1.29, 1.82) is 0 Å². The van der Waals surface area contributed by atoms with E-state index in [1.54, 1.807) is 24.5 Å². The summed E-state index contributed by atoms with van der Waals surface area (Å²) in [5.74, 6) is 0. The van der Waals surface area contributed by atoms with Crippen LogP contribution in [-0.4, -0.2) is 4.98 Å². The Bertz CT molecular complexity index is 292. The molecule has 1 heterocycles. The molecule has 1 atom stereocenters. The first kappa shape index (κ1) is 8.68. The Kier molecular flexibility index (Phi) is 2.77. The van der Waals surface area contributed by atoms with Gasteiger partial charge in [-0.2, -0.15) is 0 Å². The highest BCUT2D eigenvalue weighted by atomic mass is 14.7. The van der Waals surface area contributed by atoms with Crippen molar-refractivity contribution in [1.82, 2.24) is 4.98 Å². The summed E-state index contributed by atoms with van der Waals surface area (Å²) in [5, 5.41) is 0. The Labute approximate surface area is 72.4 Å². The molecular weight excluding hydrogens is 148 g/mol. The minimum atomic E-state index is -0.138. The molecule has 0 aliphatic rings. The fraction of sp³-hybridized carbons (Fsp3) is 0.100. The molecule has 0 saturated carbocycles. The molecule has 0 fully saturated rings. The number of hydrogen-bond acceptors (Lipinski definition) is 2. The molecule has 2 heteroatoms. The summed E-state index contributed by atoms with van der Waals surface area (Å²) in [6.07, 6.45) is 6.89. The van der Waals surface area contributed by atoms with Crippen molar-refractivity contribution in [2.45, 2.75) is 6.04 Å². The van der Waals surface area contributed by atoms with Crippen LogP contribution in [0, 0.1) is 0 Å². The predicted molar refractivity (Wildman–Crippen MR) is 51.5 cm³/mol. The number of nitrogens with two attached hydrogens (primary N) is 1. The number of aromatic nitrogens is 1. The maximum absolute atomic E-state index is 5.78. The first-order valence-corrected chi connectivity index (χ1v) is 3.74. The lowest BCUT2D eigenvalue weighted by Crippen LogP contribution is -2.08. The molecular formula is C10H12N2. The minimum absolute atomic E-state index is 0.138. The third kappa shape index (κ3) is 1.60. The highest BCUT2D eigenvalue weighted by molar-refractivity contribution is 5.51. The highest BCUT2D eigenvalue weighted by Gasteiger charge is 2.04. The molecule has 1 aromatic rings. The van der Waals surface area contributed by atoms with Crippen molar-refractivity contribution >= 4 is 6.08 Å². The van der Waals surface area contributed by atoms with E-state index in [2.05, 4.69) is 18.1 Å². The molecule has 0 saturated heterocycles. The molecule has 0 radical (unpaired) electrons. The largest absolute Gasteiger partial charge is 0.321 e. The van der Waals surface area contributed by atoms with Crippen molar-refractivity contribution in [3.05, 3.63) is 48.8 Å². The molecule has 1 rings (SSSR count). The molecule has 1 aromatic heterocycles. The maximum atomic E-state index is 5.78. The van der Waals surface area contributed by atoms with Crippen molar-refractivity contribution in [2.75, 3.05) is 0 Å². The van der Waals surface area contributed by atoms with E-state index >= 15 is 0 Å². The number of pyridine rings is 1. The van der Waals surface area contributed by atoms with E-state index in [4.69, 9.17) is 5.73 Å². The Hall–Kier alpha value is -1.41. The summed E-state index contributed by atoms with van der Waals surface area (Å²) in [6, 6.07) is 1.74. The third-order valence-corrected chi connectivity index (χ3v) is 1.72. The van der Waals surface area contributed by atoms with E-state index < -0.39 is 0 Å². The molecule has 2 nitrogen and oxygen atoms in total. The molecule has 62 valence electrons. The van der Waals surface area contributed by atoms with Gasteiger partial charge in [0.25, 0.3) is 0 Å². The number of rotatable bonds is 3. The molecule has 0 aromatic carbocycles. The zero-order valence-corrected chi connectivity index (χ0v) is 6.90. The van der Waals surface area contributed by atoms with Crippen LogP contribution < -0.4 is 5.73 Å². The summed E-state index contributed by atoms with van der Waals surface area (Å²) in [5.41, 5.74) is 7.75. The van der Waals surface area contributed by atoms with Gasteiger partial charge in [-0.1, -0.05) is 18.7 Å². The van der Waals surface area contributed by atoms with Crippen molar-refractivity contribution in [3.8, 4) is 0 Å².